The minimum absolute atomic E-state index is 0.0951. The molecule has 0 spiro atoms. The van der Waals surface area contributed by atoms with Crippen molar-refractivity contribution in [3.63, 3.8) is 0 Å². The molecular formula is C19H22Cl2N2O5S. The van der Waals surface area contributed by atoms with Crippen LogP contribution >= 0.6 is 23.2 Å². The monoisotopic (exact) mass is 460 g/mol. The van der Waals surface area contributed by atoms with Crippen LogP contribution < -0.4 is 0 Å². The highest BCUT2D eigenvalue weighted by Crippen LogP contribution is 2.38. The van der Waals surface area contributed by atoms with Crippen molar-refractivity contribution in [2.24, 2.45) is 5.92 Å². The number of sulfonamides is 1. The molecule has 4 atom stereocenters. The van der Waals surface area contributed by atoms with Gasteiger partial charge in [0.05, 0.1) is 4.90 Å². The fraction of sp³-hybridized carbons (Fsp3) is 0.474. The standard InChI is InChI=1S/C19H22Cl2N2O5S/c1-3-12-10-22(11(2)19(25)26)18(24)17-6-4-5-16(12)23(17)29(27,28)15-8-13(20)7-14(21)9-15/h3,7-9,11-12,16-17H,1,4-6,10H2,2H3,(H,25,26)/t11?,12-,16+,17-/m0/s1. The summed E-state index contributed by atoms with van der Waals surface area (Å²) in [5.41, 5.74) is 0. The molecule has 7 nitrogen and oxygen atoms in total. The number of carboxylic acid groups (broad SMARTS) is 1. The highest BCUT2D eigenvalue weighted by molar-refractivity contribution is 7.89. The van der Waals surface area contributed by atoms with Crippen LogP contribution in [0.15, 0.2) is 35.7 Å². The van der Waals surface area contributed by atoms with Crippen LogP contribution in [0.4, 0.5) is 0 Å². The molecule has 2 fully saturated rings. The van der Waals surface area contributed by atoms with E-state index in [0.717, 1.165) is 0 Å². The van der Waals surface area contributed by atoms with Crippen LogP contribution in [0.2, 0.25) is 10.0 Å². The van der Waals surface area contributed by atoms with E-state index < -0.39 is 45.9 Å². The highest BCUT2D eigenvalue weighted by Gasteiger charge is 2.50. The predicted octanol–water partition coefficient (Wildman–Crippen LogP) is 3.02. The Bertz CT molecular complexity index is 932. The highest BCUT2D eigenvalue weighted by atomic mass is 35.5. The van der Waals surface area contributed by atoms with Crippen LogP contribution in [0.3, 0.4) is 0 Å². The summed E-state index contributed by atoms with van der Waals surface area (Å²) >= 11 is 12.0. The molecule has 0 aliphatic carbocycles. The summed E-state index contributed by atoms with van der Waals surface area (Å²) in [6, 6.07) is 1.46. The summed E-state index contributed by atoms with van der Waals surface area (Å²) in [6.07, 6.45) is 3.11. The van der Waals surface area contributed by atoms with Gasteiger partial charge in [-0.15, -0.1) is 6.58 Å². The molecule has 2 aliphatic rings. The molecule has 3 rings (SSSR count). The van der Waals surface area contributed by atoms with Crippen LogP contribution in [0.1, 0.15) is 26.2 Å². The number of hydrogen-bond acceptors (Lipinski definition) is 4. The molecule has 1 N–H and O–H groups in total. The van der Waals surface area contributed by atoms with E-state index in [9.17, 15) is 23.1 Å². The number of piperidine rings is 1. The first-order chi connectivity index (χ1) is 13.6. The quantitative estimate of drug-likeness (QED) is 0.681. The Balaban J connectivity index is 2.13. The molecule has 1 unspecified atom stereocenters. The number of benzene rings is 1. The number of carbonyl (C=O) groups excluding carboxylic acids is 1. The minimum Gasteiger partial charge on any atom is -0.480 e. The zero-order chi connectivity index (χ0) is 21.5. The number of carbonyl (C=O) groups is 2. The predicted molar refractivity (Wildman–Crippen MR) is 109 cm³/mol. The number of amides is 1. The van der Waals surface area contributed by atoms with E-state index in [1.807, 2.05) is 0 Å². The minimum atomic E-state index is -4.11. The Morgan fingerprint density at radius 2 is 1.90 bits per heavy atom. The van der Waals surface area contributed by atoms with Crippen LogP contribution in [-0.2, 0) is 19.6 Å². The third-order valence-electron chi connectivity index (χ3n) is 5.62. The molecule has 10 heteroatoms. The molecule has 158 valence electrons. The topological polar surface area (TPSA) is 95.0 Å². The zero-order valence-electron chi connectivity index (χ0n) is 15.8. The maximum atomic E-state index is 13.6. The molecule has 1 aromatic rings. The van der Waals surface area contributed by atoms with E-state index in [1.54, 1.807) is 6.08 Å². The SMILES string of the molecule is C=C[C@H]1CN(C(C)C(=O)O)C(=O)[C@@H]2CCC[C@H]1N2S(=O)(=O)c1cc(Cl)cc(Cl)c1. The zero-order valence-corrected chi connectivity index (χ0v) is 18.1. The Labute approximate surface area is 179 Å². The van der Waals surface area contributed by atoms with Crippen LogP contribution in [-0.4, -0.2) is 59.3 Å². The van der Waals surface area contributed by atoms with Gasteiger partial charge in [0.15, 0.2) is 0 Å². The van der Waals surface area contributed by atoms with Gasteiger partial charge in [0.1, 0.15) is 12.1 Å². The molecule has 1 aromatic carbocycles. The van der Waals surface area contributed by atoms with Crippen LogP contribution in [0.5, 0.6) is 0 Å². The van der Waals surface area contributed by atoms with Crippen molar-refractivity contribution >= 4 is 45.1 Å². The summed E-state index contributed by atoms with van der Waals surface area (Å²) in [4.78, 5) is 25.9. The fourth-order valence-corrected chi connectivity index (χ4v) is 6.73. The molecule has 0 radical (unpaired) electrons. The maximum absolute atomic E-state index is 13.6. The lowest BCUT2D eigenvalue weighted by atomic mass is 9.90. The fourth-order valence-electron chi connectivity index (χ4n) is 4.13. The van der Waals surface area contributed by atoms with Gasteiger partial charge < -0.3 is 10.0 Å². The lowest BCUT2D eigenvalue weighted by Gasteiger charge is -2.40. The average molecular weight is 461 g/mol. The smallest absolute Gasteiger partial charge is 0.326 e. The molecule has 0 saturated carbocycles. The molecule has 29 heavy (non-hydrogen) atoms. The number of aliphatic carboxylic acids is 1. The van der Waals surface area contributed by atoms with Crippen molar-refractivity contribution in [3.05, 3.63) is 40.9 Å². The average Bonchev–Trinajstić information content (AvgIpc) is 2.72. The molecule has 2 bridgehead atoms. The number of nitrogens with zero attached hydrogens (tertiary/aromatic N) is 2. The lowest BCUT2D eigenvalue weighted by Crippen LogP contribution is -2.55. The number of hydrogen-bond donors (Lipinski definition) is 1. The van der Waals surface area contributed by atoms with Gasteiger partial charge in [0.2, 0.25) is 15.9 Å². The largest absolute Gasteiger partial charge is 0.480 e. The Kier molecular flexibility index (Phi) is 6.29. The van der Waals surface area contributed by atoms with Crippen molar-refractivity contribution in [1.29, 1.82) is 0 Å². The number of halogens is 2. The summed E-state index contributed by atoms with van der Waals surface area (Å²) in [5, 5.41) is 9.77. The first-order valence-electron chi connectivity index (χ1n) is 9.23. The molecule has 2 saturated heterocycles. The summed E-state index contributed by atoms with van der Waals surface area (Å²) in [6.45, 7) is 5.32. The van der Waals surface area contributed by atoms with Crippen molar-refractivity contribution in [2.45, 2.75) is 49.2 Å². The maximum Gasteiger partial charge on any atom is 0.326 e. The summed E-state index contributed by atoms with van der Waals surface area (Å²) < 4.78 is 28.3. The van der Waals surface area contributed by atoms with Gasteiger partial charge in [0.25, 0.3) is 0 Å². The number of fused-ring (bicyclic) bond motifs is 2. The Hall–Kier alpha value is -1.61. The van der Waals surface area contributed by atoms with Gasteiger partial charge in [-0.1, -0.05) is 29.3 Å². The molecule has 2 heterocycles. The first-order valence-corrected chi connectivity index (χ1v) is 11.4. The van der Waals surface area contributed by atoms with Gasteiger partial charge in [-0.25, -0.2) is 13.2 Å². The van der Waals surface area contributed by atoms with Gasteiger partial charge in [-0.05, 0) is 44.4 Å². The molecule has 1 amide bonds. The molecule has 2 aliphatic heterocycles. The van der Waals surface area contributed by atoms with E-state index in [1.165, 1.54) is 34.3 Å². The second kappa shape index (κ2) is 8.26. The number of carboxylic acids is 1. The van der Waals surface area contributed by atoms with Crippen molar-refractivity contribution < 1.29 is 23.1 Å². The van der Waals surface area contributed by atoms with Crippen LogP contribution in [0.25, 0.3) is 0 Å². The molecular weight excluding hydrogens is 439 g/mol. The second-order valence-corrected chi connectivity index (χ2v) is 10.1. The number of rotatable bonds is 5. The molecule has 0 aromatic heterocycles. The van der Waals surface area contributed by atoms with E-state index in [0.29, 0.717) is 19.3 Å². The third kappa shape index (κ3) is 4.03. The van der Waals surface area contributed by atoms with Gasteiger partial charge in [-0.3, -0.25) is 4.79 Å². The van der Waals surface area contributed by atoms with Crippen LogP contribution in [0, 0.1) is 5.92 Å². The summed E-state index contributed by atoms with van der Waals surface area (Å²) in [5.74, 6) is -2.06. The van der Waals surface area contributed by atoms with Gasteiger partial charge >= 0.3 is 5.97 Å². The first kappa shape index (κ1) is 22.1. The third-order valence-corrected chi connectivity index (χ3v) is 7.97. The van der Waals surface area contributed by atoms with E-state index in [4.69, 9.17) is 23.2 Å². The van der Waals surface area contributed by atoms with Crippen molar-refractivity contribution in [2.75, 3.05) is 6.54 Å². The lowest BCUT2D eigenvalue weighted by molar-refractivity contribution is -0.150. The van der Waals surface area contributed by atoms with Crippen molar-refractivity contribution in [1.82, 2.24) is 9.21 Å². The summed E-state index contributed by atoms with van der Waals surface area (Å²) in [7, 11) is -4.11. The van der Waals surface area contributed by atoms with E-state index in [2.05, 4.69) is 6.58 Å². The van der Waals surface area contributed by atoms with E-state index in [-0.39, 0.29) is 21.5 Å². The normalized spacial score (nSPS) is 26.7. The van der Waals surface area contributed by atoms with Gasteiger partial charge in [-0.2, -0.15) is 4.31 Å². The van der Waals surface area contributed by atoms with Crippen molar-refractivity contribution in [3.8, 4) is 0 Å². The van der Waals surface area contributed by atoms with Gasteiger partial charge in [0, 0.05) is 28.5 Å². The second-order valence-electron chi connectivity index (χ2n) is 7.36. The van der Waals surface area contributed by atoms with E-state index >= 15 is 0 Å². The Morgan fingerprint density at radius 3 is 2.45 bits per heavy atom. The Morgan fingerprint density at radius 1 is 1.28 bits per heavy atom.